The molecule has 0 atom stereocenters. The predicted molar refractivity (Wildman–Crippen MR) is 83.9 cm³/mol. The Bertz CT molecular complexity index is 732. The summed E-state index contributed by atoms with van der Waals surface area (Å²) in [6.07, 6.45) is 1.23. The maximum Gasteiger partial charge on any atom is 0.337 e. The number of carbonyl (C=O) groups is 2. The summed E-state index contributed by atoms with van der Waals surface area (Å²) in [6.45, 7) is 0. The lowest BCUT2D eigenvalue weighted by Crippen LogP contribution is -2.08. The van der Waals surface area contributed by atoms with Gasteiger partial charge in [0.25, 0.3) is 0 Å². The summed E-state index contributed by atoms with van der Waals surface area (Å²) in [5.74, 6) is -0.970. The van der Waals surface area contributed by atoms with E-state index in [0.29, 0.717) is 5.69 Å². The molecule has 0 amide bonds. The highest BCUT2D eigenvalue weighted by Gasteiger charge is 2.15. The molecule has 0 radical (unpaired) electrons. The molecule has 0 aliphatic heterocycles. The number of nitrogens with zero attached hydrogens (tertiary/aromatic N) is 2. The highest BCUT2D eigenvalue weighted by molar-refractivity contribution is 6.32. The van der Waals surface area contributed by atoms with Crippen LogP contribution >= 0.6 is 11.6 Å². The molecule has 0 spiro atoms. The van der Waals surface area contributed by atoms with Crippen LogP contribution in [-0.4, -0.2) is 36.1 Å². The van der Waals surface area contributed by atoms with Gasteiger partial charge in [-0.2, -0.15) is 0 Å². The van der Waals surface area contributed by atoms with Crippen LogP contribution in [0.15, 0.2) is 24.5 Å². The number of benzene rings is 1. The number of nitrogens with one attached hydrogen (secondary N) is 1. The number of hydrogen-bond donors (Lipinski definition) is 2. The topological polar surface area (TPSA) is 116 Å². The molecular weight excluding hydrogens is 324 g/mol. The molecule has 0 unspecified atom stereocenters. The zero-order valence-corrected chi connectivity index (χ0v) is 13.0. The van der Waals surface area contributed by atoms with E-state index in [9.17, 15) is 9.59 Å². The van der Waals surface area contributed by atoms with Crippen LogP contribution in [0.3, 0.4) is 0 Å². The van der Waals surface area contributed by atoms with Gasteiger partial charge in [-0.1, -0.05) is 11.6 Å². The number of aromatic nitrogens is 2. The van der Waals surface area contributed by atoms with Gasteiger partial charge in [-0.25, -0.2) is 19.6 Å². The lowest BCUT2D eigenvalue weighted by molar-refractivity contribution is 0.0599. The van der Waals surface area contributed by atoms with Crippen LogP contribution in [0, 0.1) is 0 Å². The Morgan fingerprint density at radius 2 is 1.65 bits per heavy atom. The standard InChI is InChI=1S/C14H13ClN4O4/c1-22-13(20)7-3-8(14(21)23-2)5-9(4-7)19-12-10(16)11(15)17-6-18-12/h3-6H,16H2,1-2H3,(H,17,18,19). The third-order valence-corrected chi connectivity index (χ3v) is 3.17. The van der Waals surface area contributed by atoms with Crippen molar-refractivity contribution in [1.29, 1.82) is 0 Å². The first-order valence-corrected chi connectivity index (χ1v) is 6.68. The molecule has 0 saturated carbocycles. The van der Waals surface area contributed by atoms with E-state index >= 15 is 0 Å². The van der Waals surface area contributed by atoms with Crippen LogP contribution in [0.4, 0.5) is 17.2 Å². The van der Waals surface area contributed by atoms with Crippen molar-refractivity contribution >= 4 is 40.7 Å². The summed E-state index contributed by atoms with van der Waals surface area (Å²) in [5.41, 5.74) is 6.62. The van der Waals surface area contributed by atoms with Gasteiger partial charge in [0.15, 0.2) is 11.0 Å². The second-order valence-electron chi connectivity index (χ2n) is 4.33. The van der Waals surface area contributed by atoms with Crippen molar-refractivity contribution in [3.63, 3.8) is 0 Å². The molecule has 2 aromatic rings. The van der Waals surface area contributed by atoms with Crippen molar-refractivity contribution in [2.24, 2.45) is 0 Å². The van der Waals surface area contributed by atoms with E-state index < -0.39 is 11.9 Å². The molecule has 0 fully saturated rings. The summed E-state index contributed by atoms with van der Waals surface area (Å²) in [6, 6.07) is 4.32. The smallest absolute Gasteiger partial charge is 0.337 e. The average molecular weight is 337 g/mol. The van der Waals surface area contributed by atoms with Crippen LogP contribution in [0.25, 0.3) is 0 Å². The maximum atomic E-state index is 11.7. The van der Waals surface area contributed by atoms with E-state index in [2.05, 4.69) is 24.8 Å². The molecule has 2 rings (SSSR count). The minimum Gasteiger partial charge on any atom is -0.465 e. The zero-order chi connectivity index (χ0) is 17.0. The van der Waals surface area contributed by atoms with Gasteiger partial charge in [-0.05, 0) is 18.2 Å². The molecule has 0 bridgehead atoms. The number of anilines is 3. The largest absolute Gasteiger partial charge is 0.465 e. The lowest BCUT2D eigenvalue weighted by atomic mass is 10.1. The van der Waals surface area contributed by atoms with Crippen LogP contribution < -0.4 is 11.1 Å². The Labute approximate surface area is 136 Å². The summed E-state index contributed by atoms with van der Waals surface area (Å²) in [4.78, 5) is 31.2. The summed E-state index contributed by atoms with van der Waals surface area (Å²) in [5, 5.41) is 2.96. The van der Waals surface area contributed by atoms with Gasteiger partial charge >= 0.3 is 11.9 Å². The molecule has 3 N–H and O–H groups in total. The fourth-order valence-electron chi connectivity index (χ4n) is 1.78. The van der Waals surface area contributed by atoms with Gasteiger partial charge in [0, 0.05) is 5.69 Å². The van der Waals surface area contributed by atoms with Crippen molar-refractivity contribution in [3.05, 3.63) is 40.8 Å². The fourth-order valence-corrected chi connectivity index (χ4v) is 1.91. The van der Waals surface area contributed by atoms with Crippen LogP contribution in [0.2, 0.25) is 5.15 Å². The van der Waals surface area contributed by atoms with E-state index in [1.807, 2.05) is 0 Å². The van der Waals surface area contributed by atoms with Gasteiger partial charge < -0.3 is 20.5 Å². The number of carbonyl (C=O) groups excluding carboxylic acids is 2. The minimum atomic E-state index is -0.604. The Morgan fingerprint density at radius 1 is 1.09 bits per heavy atom. The number of methoxy groups -OCH3 is 2. The van der Waals surface area contributed by atoms with E-state index in [1.165, 1.54) is 38.7 Å². The molecule has 8 nitrogen and oxygen atoms in total. The van der Waals surface area contributed by atoms with Gasteiger partial charge in [-0.3, -0.25) is 0 Å². The van der Waals surface area contributed by atoms with Crippen molar-refractivity contribution in [2.45, 2.75) is 0 Å². The molecule has 9 heteroatoms. The van der Waals surface area contributed by atoms with Crippen LogP contribution in [0.1, 0.15) is 20.7 Å². The summed E-state index contributed by atoms with van der Waals surface area (Å²) < 4.78 is 9.32. The van der Waals surface area contributed by atoms with Crippen molar-refractivity contribution in [1.82, 2.24) is 9.97 Å². The number of nitrogen functional groups attached to an aromatic ring is 1. The number of halogens is 1. The SMILES string of the molecule is COC(=O)c1cc(Nc2ncnc(Cl)c2N)cc(C(=O)OC)c1. The molecule has 23 heavy (non-hydrogen) atoms. The second kappa shape index (κ2) is 6.93. The molecule has 1 aromatic heterocycles. The monoisotopic (exact) mass is 336 g/mol. The quantitative estimate of drug-likeness (QED) is 0.643. The Kier molecular flexibility index (Phi) is 4.97. The van der Waals surface area contributed by atoms with E-state index in [-0.39, 0.29) is 27.8 Å². The number of rotatable bonds is 4. The lowest BCUT2D eigenvalue weighted by Gasteiger charge is -2.11. The maximum absolute atomic E-state index is 11.7. The molecule has 0 aliphatic carbocycles. The fraction of sp³-hybridized carbons (Fsp3) is 0.143. The van der Waals surface area contributed by atoms with Crippen LogP contribution in [-0.2, 0) is 9.47 Å². The van der Waals surface area contributed by atoms with Gasteiger partial charge in [0.05, 0.1) is 25.3 Å². The first-order valence-electron chi connectivity index (χ1n) is 6.31. The highest BCUT2D eigenvalue weighted by Crippen LogP contribution is 2.26. The molecule has 0 aliphatic rings. The van der Waals surface area contributed by atoms with Crippen LogP contribution in [0.5, 0.6) is 0 Å². The third-order valence-electron chi connectivity index (χ3n) is 2.87. The Balaban J connectivity index is 2.46. The molecular formula is C14H13ClN4O4. The normalized spacial score (nSPS) is 10.0. The van der Waals surface area contributed by atoms with Crippen molar-refractivity contribution < 1.29 is 19.1 Å². The second-order valence-corrected chi connectivity index (χ2v) is 4.69. The summed E-state index contributed by atoms with van der Waals surface area (Å²) >= 11 is 5.82. The molecule has 1 heterocycles. The zero-order valence-electron chi connectivity index (χ0n) is 12.3. The molecule has 1 aromatic carbocycles. The highest BCUT2D eigenvalue weighted by atomic mass is 35.5. The Morgan fingerprint density at radius 3 is 2.17 bits per heavy atom. The van der Waals surface area contributed by atoms with Gasteiger partial charge in [0.2, 0.25) is 0 Å². The van der Waals surface area contributed by atoms with Crippen molar-refractivity contribution in [3.8, 4) is 0 Å². The molecule has 0 saturated heterocycles. The van der Waals surface area contributed by atoms with Gasteiger partial charge in [0.1, 0.15) is 12.0 Å². The molecule has 120 valence electrons. The summed E-state index contributed by atoms with van der Waals surface area (Å²) in [7, 11) is 2.48. The number of ether oxygens (including phenoxy) is 2. The number of hydrogen-bond acceptors (Lipinski definition) is 8. The number of esters is 2. The first-order chi connectivity index (χ1) is 11.0. The first kappa shape index (κ1) is 16.5. The van der Waals surface area contributed by atoms with Gasteiger partial charge in [-0.15, -0.1) is 0 Å². The van der Waals surface area contributed by atoms with E-state index in [1.54, 1.807) is 0 Å². The third kappa shape index (κ3) is 3.67. The predicted octanol–water partition coefficient (Wildman–Crippen LogP) is 2.03. The minimum absolute atomic E-state index is 0.0832. The average Bonchev–Trinajstić information content (AvgIpc) is 2.57. The Hall–Kier alpha value is -2.87. The number of nitrogens with two attached hydrogens (primary N) is 1. The van der Waals surface area contributed by atoms with E-state index in [0.717, 1.165) is 0 Å². The van der Waals surface area contributed by atoms with E-state index in [4.69, 9.17) is 17.3 Å². The van der Waals surface area contributed by atoms with Crippen molar-refractivity contribution in [2.75, 3.05) is 25.3 Å².